The molecule has 0 aliphatic rings. The smallest absolute Gasteiger partial charge is 0.0708 e. The SMILES string of the molecule is NCCCCc1c(-c2cccc3ncccc23)[nH]c2ccc(-c3ccccc3)cc12. The van der Waals surface area contributed by atoms with Crippen molar-refractivity contribution in [3.63, 3.8) is 0 Å². The maximum Gasteiger partial charge on any atom is 0.0708 e. The highest BCUT2D eigenvalue weighted by atomic mass is 14.7. The van der Waals surface area contributed by atoms with Gasteiger partial charge < -0.3 is 10.7 Å². The Morgan fingerprint density at radius 1 is 0.767 bits per heavy atom. The predicted octanol–water partition coefficient (Wildman–Crippen LogP) is 6.33. The number of nitrogens with one attached hydrogen (secondary N) is 1. The first-order chi connectivity index (χ1) is 14.8. The van der Waals surface area contributed by atoms with Gasteiger partial charge in [0.1, 0.15) is 0 Å². The normalized spacial score (nSPS) is 11.4. The van der Waals surface area contributed by atoms with E-state index in [4.69, 9.17) is 5.73 Å². The third kappa shape index (κ3) is 3.38. The van der Waals surface area contributed by atoms with Crippen LogP contribution < -0.4 is 5.73 Å². The van der Waals surface area contributed by atoms with E-state index < -0.39 is 0 Å². The zero-order valence-corrected chi connectivity index (χ0v) is 16.9. The van der Waals surface area contributed by atoms with E-state index >= 15 is 0 Å². The summed E-state index contributed by atoms with van der Waals surface area (Å²) < 4.78 is 0. The maximum atomic E-state index is 5.79. The van der Waals surface area contributed by atoms with Gasteiger partial charge in [0.25, 0.3) is 0 Å². The molecular formula is C27H25N3. The Bertz CT molecular complexity index is 1300. The van der Waals surface area contributed by atoms with E-state index in [0.717, 1.165) is 31.3 Å². The third-order valence-corrected chi connectivity index (χ3v) is 5.81. The van der Waals surface area contributed by atoms with Crippen molar-refractivity contribution in [3.05, 3.63) is 90.6 Å². The Morgan fingerprint density at radius 3 is 2.53 bits per heavy atom. The van der Waals surface area contributed by atoms with Gasteiger partial charge >= 0.3 is 0 Å². The Balaban J connectivity index is 1.71. The molecule has 3 heteroatoms. The molecule has 148 valence electrons. The molecule has 0 saturated carbocycles. The van der Waals surface area contributed by atoms with Gasteiger partial charge in [0.2, 0.25) is 0 Å². The predicted molar refractivity (Wildman–Crippen MR) is 126 cm³/mol. The average Bonchev–Trinajstić information content (AvgIpc) is 3.17. The van der Waals surface area contributed by atoms with Crippen LogP contribution >= 0.6 is 0 Å². The molecule has 30 heavy (non-hydrogen) atoms. The molecule has 0 fully saturated rings. The van der Waals surface area contributed by atoms with Crippen molar-refractivity contribution in [1.29, 1.82) is 0 Å². The number of pyridine rings is 1. The molecule has 0 spiro atoms. The maximum absolute atomic E-state index is 5.79. The number of fused-ring (bicyclic) bond motifs is 2. The first-order valence-electron chi connectivity index (χ1n) is 10.6. The van der Waals surface area contributed by atoms with Gasteiger partial charge in [-0.3, -0.25) is 4.98 Å². The summed E-state index contributed by atoms with van der Waals surface area (Å²) in [5.74, 6) is 0. The average molecular weight is 392 g/mol. The fourth-order valence-electron chi connectivity index (χ4n) is 4.31. The molecule has 3 aromatic carbocycles. The van der Waals surface area contributed by atoms with E-state index in [0.29, 0.717) is 0 Å². The number of H-pyrrole nitrogens is 1. The van der Waals surface area contributed by atoms with E-state index in [1.54, 1.807) is 0 Å². The number of hydrogen-bond donors (Lipinski definition) is 2. The molecule has 3 nitrogen and oxygen atoms in total. The van der Waals surface area contributed by atoms with Gasteiger partial charge in [-0.2, -0.15) is 0 Å². The molecule has 5 aromatic rings. The Hall–Kier alpha value is -3.43. The minimum Gasteiger partial charge on any atom is -0.354 e. The molecule has 0 aliphatic carbocycles. The van der Waals surface area contributed by atoms with Crippen LogP contribution in [0.25, 0.3) is 44.2 Å². The molecule has 2 aromatic heterocycles. The number of unbranched alkanes of at least 4 members (excludes halogenated alkanes) is 1. The summed E-state index contributed by atoms with van der Waals surface area (Å²) in [5, 5.41) is 2.47. The van der Waals surface area contributed by atoms with Gasteiger partial charge in [-0.05, 0) is 66.8 Å². The van der Waals surface area contributed by atoms with Gasteiger partial charge in [-0.25, -0.2) is 0 Å². The van der Waals surface area contributed by atoms with Gasteiger partial charge in [-0.1, -0.05) is 54.6 Å². The molecule has 0 unspecified atom stereocenters. The van der Waals surface area contributed by atoms with Crippen LogP contribution in [0.2, 0.25) is 0 Å². The molecule has 0 amide bonds. The van der Waals surface area contributed by atoms with E-state index in [1.165, 1.54) is 44.2 Å². The van der Waals surface area contributed by atoms with E-state index in [-0.39, 0.29) is 0 Å². The molecule has 3 N–H and O–H groups in total. The number of benzene rings is 3. The van der Waals surface area contributed by atoms with Gasteiger partial charge in [-0.15, -0.1) is 0 Å². The lowest BCUT2D eigenvalue weighted by Crippen LogP contribution is -1.99. The van der Waals surface area contributed by atoms with E-state index in [2.05, 4.69) is 82.8 Å². The number of aromatic nitrogens is 2. The number of aryl methyl sites for hydroxylation is 1. The van der Waals surface area contributed by atoms with Crippen LogP contribution in [0.4, 0.5) is 0 Å². The van der Waals surface area contributed by atoms with Crippen LogP contribution in [0, 0.1) is 0 Å². The second kappa shape index (κ2) is 8.13. The summed E-state index contributed by atoms with van der Waals surface area (Å²) in [6.45, 7) is 0.727. The zero-order valence-electron chi connectivity index (χ0n) is 16.9. The van der Waals surface area contributed by atoms with Crippen molar-refractivity contribution in [3.8, 4) is 22.4 Å². The number of nitrogens with two attached hydrogens (primary N) is 1. The van der Waals surface area contributed by atoms with Crippen LogP contribution in [0.15, 0.2) is 85.1 Å². The summed E-state index contributed by atoms with van der Waals surface area (Å²) in [7, 11) is 0. The molecule has 0 aliphatic heterocycles. The second-order valence-corrected chi connectivity index (χ2v) is 7.73. The number of rotatable bonds is 6. The zero-order chi connectivity index (χ0) is 20.3. The number of nitrogens with zero attached hydrogens (tertiary/aromatic N) is 1. The highest BCUT2D eigenvalue weighted by Crippen LogP contribution is 2.36. The van der Waals surface area contributed by atoms with Crippen LogP contribution in [-0.2, 0) is 6.42 Å². The van der Waals surface area contributed by atoms with Crippen molar-refractivity contribution >= 4 is 21.8 Å². The van der Waals surface area contributed by atoms with Crippen molar-refractivity contribution < 1.29 is 0 Å². The minimum atomic E-state index is 0.727. The summed E-state index contributed by atoms with van der Waals surface area (Å²) in [4.78, 5) is 8.27. The largest absolute Gasteiger partial charge is 0.354 e. The molecule has 0 radical (unpaired) electrons. The summed E-state index contributed by atoms with van der Waals surface area (Å²) in [6.07, 6.45) is 4.96. The van der Waals surface area contributed by atoms with Gasteiger partial charge in [0, 0.05) is 28.0 Å². The number of hydrogen-bond acceptors (Lipinski definition) is 2. The van der Waals surface area contributed by atoms with Crippen LogP contribution in [-0.4, -0.2) is 16.5 Å². The lowest BCUT2D eigenvalue weighted by Gasteiger charge is -2.09. The highest BCUT2D eigenvalue weighted by molar-refractivity contribution is 6.00. The molecule has 2 heterocycles. The van der Waals surface area contributed by atoms with Gasteiger partial charge in [0.05, 0.1) is 11.2 Å². The first-order valence-corrected chi connectivity index (χ1v) is 10.6. The monoisotopic (exact) mass is 391 g/mol. The fourth-order valence-corrected chi connectivity index (χ4v) is 4.31. The van der Waals surface area contributed by atoms with Crippen LogP contribution in [0.3, 0.4) is 0 Å². The van der Waals surface area contributed by atoms with Crippen LogP contribution in [0.5, 0.6) is 0 Å². The van der Waals surface area contributed by atoms with Crippen molar-refractivity contribution in [2.75, 3.05) is 6.54 Å². The molecule has 0 saturated heterocycles. The Labute approximate surface area is 176 Å². The van der Waals surface area contributed by atoms with Crippen molar-refractivity contribution in [1.82, 2.24) is 9.97 Å². The van der Waals surface area contributed by atoms with Gasteiger partial charge in [0.15, 0.2) is 0 Å². The summed E-state index contributed by atoms with van der Waals surface area (Å²) >= 11 is 0. The molecule has 0 bridgehead atoms. The second-order valence-electron chi connectivity index (χ2n) is 7.73. The number of aromatic amines is 1. The summed E-state index contributed by atoms with van der Waals surface area (Å²) in [6, 6.07) is 27.8. The summed E-state index contributed by atoms with van der Waals surface area (Å²) in [5.41, 5.74) is 14.2. The molecule has 0 atom stereocenters. The lowest BCUT2D eigenvalue weighted by molar-refractivity contribution is 0.748. The van der Waals surface area contributed by atoms with Crippen molar-refractivity contribution in [2.24, 2.45) is 5.73 Å². The topological polar surface area (TPSA) is 54.7 Å². The Morgan fingerprint density at radius 2 is 1.67 bits per heavy atom. The molecular weight excluding hydrogens is 366 g/mol. The van der Waals surface area contributed by atoms with E-state index in [9.17, 15) is 0 Å². The van der Waals surface area contributed by atoms with Crippen molar-refractivity contribution in [2.45, 2.75) is 19.3 Å². The quantitative estimate of drug-likeness (QED) is 0.332. The highest BCUT2D eigenvalue weighted by Gasteiger charge is 2.16. The Kier molecular flexibility index (Phi) is 5.04. The van der Waals surface area contributed by atoms with Crippen LogP contribution in [0.1, 0.15) is 18.4 Å². The standard InChI is InChI=1S/C27H25N3/c28-16-5-4-10-23-24-18-20(19-8-2-1-3-9-19)14-15-26(24)30-27(23)22-11-6-13-25-21(22)12-7-17-29-25/h1-3,6-9,11-15,17-18,30H,4-5,10,16,28H2. The molecule has 5 rings (SSSR count). The fraction of sp³-hybridized carbons (Fsp3) is 0.148. The van der Waals surface area contributed by atoms with E-state index in [1.807, 2.05) is 12.3 Å². The minimum absolute atomic E-state index is 0.727. The third-order valence-electron chi connectivity index (χ3n) is 5.81. The first kappa shape index (κ1) is 18.6. The lowest BCUT2D eigenvalue weighted by atomic mass is 9.96.